The highest BCUT2D eigenvalue weighted by Crippen LogP contribution is 2.59. The Morgan fingerprint density at radius 1 is 1.00 bits per heavy atom. The first-order valence-electron chi connectivity index (χ1n) is 10.9. The molecule has 0 aliphatic carbocycles. The minimum atomic E-state index is -4.00. The molecule has 182 valence electrons. The lowest BCUT2D eigenvalue weighted by molar-refractivity contribution is -0.137. The largest absolute Gasteiger partial charge is 0.481 e. The number of rotatable bonds is 13. The quantitative estimate of drug-likeness (QED) is 0.323. The van der Waals surface area contributed by atoms with Crippen molar-refractivity contribution in [3.05, 3.63) is 71.5 Å². The second-order valence-electron chi connectivity index (χ2n) is 7.83. The molecular weight excluding hydrogens is 466 g/mol. The fourth-order valence-corrected chi connectivity index (χ4v) is 7.88. The molecule has 0 saturated heterocycles. The van der Waals surface area contributed by atoms with Gasteiger partial charge in [-0.3, -0.25) is 9.36 Å². The van der Waals surface area contributed by atoms with E-state index in [0.717, 1.165) is 5.56 Å². The van der Waals surface area contributed by atoms with E-state index >= 15 is 0 Å². The Bertz CT molecular complexity index is 914. The average molecular weight is 499 g/mol. The Morgan fingerprint density at radius 2 is 1.55 bits per heavy atom. The molecule has 6 nitrogen and oxygen atoms in total. The molecule has 0 radical (unpaired) electrons. The smallest absolute Gasteiger partial charge is 0.346 e. The Balaban J connectivity index is 2.53. The topological polar surface area (TPSA) is 93.1 Å². The highest BCUT2D eigenvalue weighted by molar-refractivity contribution is 8.00. The van der Waals surface area contributed by atoms with Crippen LogP contribution in [0.25, 0.3) is 0 Å². The van der Waals surface area contributed by atoms with Crippen LogP contribution in [0.2, 0.25) is 0 Å². The van der Waals surface area contributed by atoms with Crippen LogP contribution < -0.4 is 0 Å². The molecule has 2 aromatic rings. The predicted molar refractivity (Wildman–Crippen MR) is 129 cm³/mol. The summed E-state index contributed by atoms with van der Waals surface area (Å²) in [5.41, 5.74) is -0.185. The number of aliphatic carboxylic acids is 1. The van der Waals surface area contributed by atoms with Crippen molar-refractivity contribution < 1.29 is 33.0 Å². The van der Waals surface area contributed by atoms with Crippen LogP contribution in [0.4, 0.5) is 4.39 Å². The van der Waals surface area contributed by atoms with E-state index in [-0.39, 0.29) is 19.1 Å². The number of hydrogen-bond donors (Lipinski definition) is 2. The van der Waals surface area contributed by atoms with E-state index in [1.54, 1.807) is 13.8 Å². The summed E-state index contributed by atoms with van der Waals surface area (Å²) in [6, 6.07) is 14.7. The van der Waals surface area contributed by atoms with Gasteiger partial charge < -0.3 is 19.3 Å². The van der Waals surface area contributed by atoms with Crippen LogP contribution in [0.3, 0.4) is 0 Å². The number of carbonyl (C=O) groups is 1. The normalized spacial score (nSPS) is 15.7. The molecule has 0 fully saturated rings. The summed E-state index contributed by atoms with van der Waals surface area (Å²) in [5.74, 6) is -1.94. The van der Waals surface area contributed by atoms with Crippen molar-refractivity contribution in [1.29, 1.82) is 0 Å². The SMILES string of the molecule is CCOP(=O)(OCC)C(C(=O)O)C(SC(c1ccccc1)C(O)c1ccc(F)cc1)C(C)C. The summed E-state index contributed by atoms with van der Waals surface area (Å²) in [6.07, 6.45) is -1.06. The standard InChI is InChI=1S/C24H32FO6PS/c1-5-30-32(29,31-6-2)21(24(27)28)22(16(3)4)33-23(18-10-8-7-9-11-18)20(26)17-12-14-19(25)15-13-17/h7-16,20-23,26H,5-6H2,1-4H3,(H,27,28). The van der Waals surface area contributed by atoms with E-state index in [0.29, 0.717) is 5.56 Å². The molecule has 2 aromatic carbocycles. The first kappa shape index (κ1) is 27.5. The number of aliphatic hydroxyl groups excluding tert-OH is 1. The fraction of sp³-hybridized carbons (Fsp3) is 0.458. The maximum Gasteiger partial charge on any atom is 0.346 e. The van der Waals surface area contributed by atoms with Crippen LogP contribution >= 0.6 is 19.4 Å². The van der Waals surface area contributed by atoms with E-state index in [4.69, 9.17) is 9.05 Å². The summed E-state index contributed by atoms with van der Waals surface area (Å²) in [5, 5.41) is 20.0. The first-order chi connectivity index (χ1) is 15.6. The monoisotopic (exact) mass is 498 g/mol. The Labute approximate surface area is 199 Å². The van der Waals surface area contributed by atoms with Crippen LogP contribution in [-0.4, -0.2) is 40.3 Å². The lowest BCUT2D eigenvalue weighted by Crippen LogP contribution is -2.37. The second-order valence-corrected chi connectivity index (χ2v) is 11.3. The highest BCUT2D eigenvalue weighted by Gasteiger charge is 2.49. The predicted octanol–water partition coefficient (Wildman–Crippen LogP) is 6.08. The second kappa shape index (κ2) is 12.7. The lowest BCUT2D eigenvalue weighted by atomic mass is 10.0. The van der Waals surface area contributed by atoms with Gasteiger partial charge in [-0.1, -0.05) is 56.3 Å². The fourth-order valence-electron chi connectivity index (χ4n) is 3.59. The molecule has 0 aliphatic heterocycles. The van der Waals surface area contributed by atoms with E-state index < -0.39 is 41.6 Å². The van der Waals surface area contributed by atoms with Gasteiger partial charge in [0, 0.05) is 5.25 Å². The number of halogens is 1. The molecule has 0 aliphatic rings. The van der Waals surface area contributed by atoms with Gasteiger partial charge >= 0.3 is 13.6 Å². The van der Waals surface area contributed by atoms with Crippen molar-refractivity contribution in [2.24, 2.45) is 5.92 Å². The number of carboxylic acid groups (broad SMARTS) is 1. The van der Waals surface area contributed by atoms with Crippen molar-refractivity contribution in [2.75, 3.05) is 13.2 Å². The molecule has 2 rings (SSSR count). The third-order valence-electron chi connectivity index (χ3n) is 5.11. The Morgan fingerprint density at radius 3 is 2.00 bits per heavy atom. The van der Waals surface area contributed by atoms with Crippen molar-refractivity contribution in [3.8, 4) is 0 Å². The van der Waals surface area contributed by atoms with Crippen LogP contribution in [0, 0.1) is 11.7 Å². The number of thioether (sulfide) groups is 1. The Kier molecular flexibility index (Phi) is 10.6. The number of hydrogen-bond acceptors (Lipinski definition) is 6. The van der Waals surface area contributed by atoms with E-state index in [2.05, 4.69) is 0 Å². The molecule has 0 amide bonds. The van der Waals surface area contributed by atoms with Crippen LogP contribution in [0.5, 0.6) is 0 Å². The summed E-state index contributed by atoms with van der Waals surface area (Å²) < 4.78 is 37.8. The first-order valence-corrected chi connectivity index (χ1v) is 13.5. The third-order valence-corrected chi connectivity index (χ3v) is 9.73. The maximum absolute atomic E-state index is 13.6. The molecule has 2 N–H and O–H groups in total. The molecule has 4 unspecified atom stereocenters. The van der Waals surface area contributed by atoms with Crippen LogP contribution in [0.15, 0.2) is 54.6 Å². The van der Waals surface area contributed by atoms with E-state index in [1.807, 2.05) is 44.2 Å². The van der Waals surface area contributed by atoms with Gasteiger partial charge in [0.05, 0.1) is 24.6 Å². The minimum Gasteiger partial charge on any atom is -0.481 e. The molecule has 4 atom stereocenters. The minimum absolute atomic E-state index is 0.0385. The molecule has 9 heteroatoms. The number of carboxylic acids is 1. The Hall–Kier alpha value is -1.70. The summed E-state index contributed by atoms with van der Waals surface area (Å²) in [4.78, 5) is 12.4. The zero-order chi connectivity index (χ0) is 24.6. The van der Waals surface area contributed by atoms with Gasteiger partial charge in [-0.25, -0.2) is 4.39 Å². The van der Waals surface area contributed by atoms with Gasteiger partial charge in [0.1, 0.15) is 5.82 Å². The molecule has 33 heavy (non-hydrogen) atoms. The number of aliphatic hydroxyl groups is 1. The third kappa shape index (κ3) is 7.14. The van der Waals surface area contributed by atoms with Gasteiger partial charge in [-0.05, 0) is 43.0 Å². The van der Waals surface area contributed by atoms with Crippen LogP contribution in [0.1, 0.15) is 50.2 Å². The summed E-state index contributed by atoms with van der Waals surface area (Å²) in [7, 11) is -4.00. The summed E-state index contributed by atoms with van der Waals surface area (Å²) >= 11 is 1.22. The molecule has 0 aromatic heterocycles. The maximum atomic E-state index is 13.6. The van der Waals surface area contributed by atoms with Gasteiger partial charge in [-0.2, -0.15) is 0 Å². The van der Waals surface area contributed by atoms with Gasteiger partial charge in [0.2, 0.25) is 0 Å². The van der Waals surface area contributed by atoms with Crippen molar-refractivity contribution in [1.82, 2.24) is 0 Å². The van der Waals surface area contributed by atoms with E-state index in [1.165, 1.54) is 36.0 Å². The molecule has 0 spiro atoms. The van der Waals surface area contributed by atoms with E-state index in [9.17, 15) is 24.0 Å². The molecule has 0 heterocycles. The lowest BCUT2D eigenvalue weighted by Gasteiger charge is -2.35. The van der Waals surface area contributed by atoms with Crippen molar-refractivity contribution in [2.45, 2.75) is 50.0 Å². The number of benzene rings is 2. The zero-order valence-electron chi connectivity index (χ0n) is 19.3. The average Bonchev–Trinajstić information content (AvgIpc) is 2.77. The molecule has 0 bridgehead atoms. The van der Waals surface area contributed by atoms with Gasteiger partial charge in [0.15, 0.2) is 5.66 Å². The zero-order valence-corrected chi connectivity index (χ0v) is 21.0. The highest BCUT2D eigenvalue weighted by atomic mass is 32.2. The molecule has 0 saturated carbocycles. The van der Waals surface area contributed by atoms with Crippen molar-refractivity contribution in [3.63, 3.8) is 0 Å². The summed E-state index contributed by atoms with van der Waals surface area (Å²) in [6.45, 7) is 7.01. The van der Waals surface area contributed by atoms with Gasteiger partial charge in [-0.15, -0.1) is 11.8 Å². The van der Waals surface area contributed by atoms with Gasteiger partial charge in [0.25, 0.3) is 0 Å². The van der Waals surface area contributed by atoms with Crippen molar-refractivity contribution >= 4 is 25.3 Å². The van der Waals surface area contributed by atoms with Crippen LogP contribution in [-0.2, 0) is 18.4 Å². The molecular formula is C24H32FO6PS.